The third-order valence-corrected chi connectivity index (χ3v) is 4.60. The Labute approximate surface area is 146 Å². The molecule has 0 aromatic heterocycles. The van der Waals surface area contributed by atoms with Crippen LogP contribution in [0.4, 0.5) is 10.1 Å². The summed E-state index contributed by atoms with van der Waals surface area (Å²) in [6.07, 6.45) is 1.90. The first-order chi connectivity index (χ1) is 11.5. The number of amides is 1. The zero-order valence-corrected chi connectivity index (χ0v) is 14.6. The molecule has 1 amide bonds. The summed E-state index contributed by atoms with van der Waals surface area (Å²) < 4.78 is 14.1. The lowest BCUT2D eigenvalue weighted by atomic mass is 10.1. The second-order valence-corrected chi connectivity index (χ2v) is 6.72. The first-order valence-electron chi connectivity index (χ1n) is 7.98. The first kappa shape index (κ1) is 16.8. The molecular formula is C19H20ClFN2O. The van der Waals surface area contributed by atoms with Gasteiger partial charge in [0.25, 0.3) is 5.91 Å². The normalized spacial score (nSPS) is 13.7. The summed E-state index contributed by atoms with van der Waals surface area (Å²) in [6.45, 7) is 0.196. The molecule has 3 nitrogen and oxygen atoms in total. The van der Waals surface area contributed by atoms with E-state index >= 15 is 0 Å². The number of anilines is 1. The summed E-state index contributed by atoms with van der Waals surface area (Å²) in [4.78, 5) is 16.7. The number of halogens is 2. The molecule has 1 fully saturated rings. The van der Waals surface area contributed by atoms with Crippen molar-refractivity contribution < 1.29 is 9.18 Å². The molecule has 0 bridgehead atoms. The van der Waals surface area contributed by atoms with Crippen LogP contribution < -0.4 is 4.90 Å². The summed E-state index contributed by atoms with van der Waals surface area (Å²) in [5, 5.41) is 0.357. The molecule has 1 saturated carbocycles. The second-order valence-electron chi connectivity index (χ2n) is 6.31. The molecule has 126 valence electrons. The van der Waals surface area contributed by atoms with Gasteiger partial charge in [0.2, 0.25) is 0 Å². The van der Waals surface area contributed by atoms with Gasteiger partial charge in [0.05, 0.1) is 6.54 Å². The quantitative estimate of drug-likeness (QED) is 0.803. The van der Waals surface area contributed by atoms with Crippen LogP contribution in [0.1, 0.15) is 28.8 Å². The topological polar surface area (TPSA) is 23.6 Å². The van der Waals surface area contributed by atoms with Crippen LogP contribution in [0.5, 0.6) is 0 Å². The molecule has 2 aromatic rings. The molecule has 0 atom stereocenters. The fourth-order valence-electron chi connectivity index (χ4n) is 2.69. The van der Waals surface area contributed by atoms with Crippen LogP contribution in [0, 0.1) is 5.82 Å². The van der Waals surface area contributed by atoms with Crippen LogP contribution in [0.2, 0.25) is 5.02 Å². The van der Waals surface area contributed by atoms with Crippen LogP contribution in [0.15, 0.2) is 42.5 Å². The average molecular weight is 347 g/mol. The van der Waals surface area contributed by atoms with E-state index in [0.29, 0.717) is 16.1 Å². The lowest BCUT2D eigenvalue weighted by molar-refractivity contribution is 0.0728. The monoisotopic (exact) mass is 346 g/mol. The second kappa shape index (κ2) is 6.81. The van der Waals surface area contributed by atoms with Gasteiger partial charge in [-0.2, -0.15) is 0 Å². The van der Waals surface area contributed by atoms with E-state index in [2.05, 4.69) is 0 Å². The van der Waals surface area contributed by atoms with Crippen LogP contribution in [0.3, 0.4) is 0 Å². The fourth-order valence-corrected chi connectivity index (χ4v) is 2.91. The van der Waals surface area contributed by atoms with E-state index in [-0.39, 0.29) is 24.3 Å². The number of hydrogen-bond donors (Lipinski definition) is 0. The molecule has 0 saturated heterocycles. The van der Waals surface area contributed by atoms with Crippen molar-refractivity contribution in [3.63, 3.8) is 0 Å². The van der Waals surface area contributed by atoms with Crippen molar-refractivity contribution in [3.8, 4) is 0 Å². The van der Waals surface area contributed by atoms with Gasteiger partial charge in [-0.1, -0.05) is 23.7 Å². The number of nitrogens with zero attached hydrogens (tertiary/aromatic N) is 2. The average Bonchev–Trinajstić information content (AvgIpc) is 3.39. The van der Waals surface area contributed by atoms with Gasteiger partial charge in [-0.15, -0.1) is 0 Å². The molecule has 3 rings (SSSR count). The van der Waals surface area contributed by atoms with E-state index in [4.69, 9.17) is 11.6 Å². The van der Waals surface area contributed by atoms with Crippen molar-refractivity contribution in [2.75, 3.05) is 19.0 Å². The molecule has 0 N–H and O–H groups in total. The Kier molecular flexibility index (Phi) is 4.76. The summed E-state index contributed by atoms with van der Waals surface area (Å²) in [7, 11) is 3.86. The van der Waals surface area contributed by atoms with Crippen molar-refractivity contribution in [1.29, 1.82) is 0 Å². The van der Waals surface area contributed by atoms with E-state index in [0.717, 1.165) is 18.5 Å². The molecule has 0 heterocycles. The van der Waals surface area contributed by atoms with Gasteiger partial charge in [-0.05, 0) is 43.2 Å². The van der Waals surface area contributed by atoms with Gasteiger partial charge in [-0.3, -0.25) is 4.79 Å². The SMILES string of the molecule is CN(C)c1cccc(C(=O)N(Cc2c(F)cccc2Cl)C2CC2)c1. The molecular weight excluding hydrogens is 327 g/mol. The molecule has 5 heteroatoms. The van der Waals surface area contributed by atoms with Crippen LogP contribution in [-0.2, 0) is 6.54 Å². The summed E-state index contributed by atoms with van der Waals surface area (Å²) >= 11 is 6.13. The van der Waals surface area contributed by atoms with Crippen molar-refractivity contribution in [1.82, 2.24) is 4.90 Å². The molecule has 0 spiro atoms. The van der Waals surface area contributed by atoms with Gasteiger partial charge < -0.3 is 9.80 Å². The highest BCUT2D eigenvalue weighted by Gasteiger charge is 2.34. The minimum Gasteiger partial charge on any atom is -0.378 e. The van der Waals surface area contributed by atoms with Crippen molar-refractivity contribution >= 4 is 23.2 Å². The standard InChI is InChI=1S/C19H20ClFN2O/c1-22(2)15-6-3-5-13(11-15)19(24)23(14-9-10-14)12-16-17(20)7-4-8-18(16)21/h3-8,11,14H,9-10,12H2,1-2H3. The maximum atomic E-state index is 14.1. The first-order valence-corrected chi connectivity index (χ1v) is 8.36. The molecule has 1 aliphatic rings. The van der Waals surface area contributed by atoms with Crippen LogP contribution in [0.25, 0.3) is 0 Å². The van der Waals surface area contributed by atoms with Crippen molar-refractivity contribution in [2.45, 2.75) is 25.4 Å². The Morgan fingerprint density at radius 1 is 1.21 bits per heavy atom. The van der Waals surface area contributed by atoms with E-state index in [1.807, 2.05) is 37.2 Å². The van der Waals surface area contributed by atoms with Crippen LogP contribution in [-0.4, -0.2) is 30.9 Å². The zero-order valence-electron chi connectivity index (χ0n) is 13.8. The largest absolute Gasteiger partial charge is 0.378 e. The maximum Gasteiger partial charge on any atom is 0.254 e. The van der Waals surface area contributed by atoms with E-state index < -0.39 is 0 Å². The Bertz CT molecular complexity index is 739. The van der Waals surface area contributed by atoms with Gasteiger partial charge in [0.15, 0.2) is 0 Å². The Balaban J connectivity index is 1.89. The number of benzene rings is 2. The summed E-state index contributed by atoms with van der Waals surface area (Å²) in [5.41, 5.74) is 1.95. The highest BCUT2D eigenvalue weighted by atomic mass is 35.5. The minimum atomic E-state index is -0.372. The third kappa shape index (κ3) is 3.54. The molecule has 0 aliphatic heterocycles. The Morgan fingerprint density at radius 2 is 1.92 bits per heavy atom. The van der Waals surface area contributed by atoms with Crippen molar-refractivity contribution in [2.24, 2.45) is 0 Å². The minimum absolute atomic E-state index is 0.0829. The molecule has 1 aliphatic carbocycles. The predicted molar refractivity (Wildman–Crippen MR) is 95.1 cm³/mol. The number of carbonyl (C=O) groups excluding carboxylic acids is 1. The molecule has 2 aromatic carbocycles. The van der Waals surface area contributed by atoms with Gasteiger partial charge >= 0.3 is 0 Å². The Hall–Kier alpha value is -2.07. The zero-order chi connectivity index (χ0) is 17.3. The highest BCUT2D eigenvalue weighted by Crippen LogP contribution is 2.32. The van der Waals surface area contributed by atoms with Crippen molar-refractivity contribution in [3.05, 3.63) is 64.4 Å². The van der Waals surface area contributed by atoms with Crippen LogP contribution >= 0.6 is 11.6 Å². The number of hydrogen-bond acceptors (Lipinski definition) is 2. The van der Waals surface area contributed by atoms with E-state index in [9.17, 15) is 9.18 Å². The third-order valence-electron chi connectivity index (χ3n) is 4.25. The van der Waals surface area contributed by atoms with Gasteiger partial charge in [0.1, 0.15) is 5.82 Å². The summed E-state index contributed by atoms with van der Waals surface area (Å²) in [5.74, 6) is -0.455. The lowest BCUT2D eigenvalue weighted by Gasteiger charge is -2.24. The predicted octanol–water partition coefficient (Wildman–Crippen LogP) is 4.35. The molecule has 24 heavy (non-hydrogen) atoms. The molecule has 0 unspecified atom stereocenters. The Morgan fingerprint density at radius 3 is 2.54 bits per heavy atom. The highest BCUT2D eigenvalue weighted by molar-refractivity contribution is 6.31. The smallest absolute Gasteiger partial charge is 0.254 e. The van der Waals surface area contributed by atoms with Gasteiger partial charge in [0, 0.05) is 42.0 Å². The van der Waals surface area contributed by atoms with Gasteiger partial charge in [-0.25, -0.2) is 4.39 Å². The number of carbonyl (C=O) groups is 1. The number of rotatable bonds is 5. The molecule has 0 radical (unpaired) electrons. The van der Waals surface area contributed by atoms with E-state index in [1.54, 1.807) is 23.1 Å². The maximum absolute atomic E-state index is 14.1. The van der Waals surface area contributed by atoms with E-state index in [1.165, 1.54) is 6.07 Å². The lowest BCUT2D eigenvalue weighted by Crippen LogP contribution is -2.33. The fraction of sp³-hybridized carbons (Fsp3) is 0.316. The summed E-state index contributed by atoms with van der Waals surface area (Å²) in [6, 6.07) is 12.2.